The van der Waals surface area contributed by atoms with Crippen LogP contribution >= 0.6 is 11.8 Å². The minimum absolute atomic E-state index is 0.108. The number of carboxylic acids is 1. The molecule has 0 saturated carbocycles. The van der Waals surface area contributed by atoms with Gasteiger partial charge in [0.2, 0.25) is 0 Å². The summed E-state index contributed by atoms with van der Waals surface area (Å²) in [5, 5.41) is 24.8. The van der Waals surface area contributed by atoms with Crippen LogP contribution in [0, 0.1) is 5.41 Å². The number of aromatic amines is 1. The fourth-order valence-corrected chi connectivity index (χ4v) is 3.09. The number of nitrogen functional groups attached to an aromatic ring is 1. The van der Waals surface area contributed by atoms with E-state index in [9.17, 15) is 4.79 Å². The second kappa shape index (κ2) is 8.55. The van der Waals surface area contributed by atoms with Crippen molar-refractivity contribution in [2.24, 2.45) is 0 Å². The standard InChI is InChI=1S/C18H18N6O3S/c1-27-24-14-6-11(10-2-3-15(20)13(4-10)8-19)5-12(7-14)17-21-18(23-22-17)28-9-16(25)26/h2-8,19,24H,9,20H2,1H3,(H,25,26)(H,21,22,23). The number of anilines is 2. The molecule has 9 nitrogen and oxygen atoms in total. The van der Waals surface area contributed by atoms with Crippen molar-refractivity contribution in [3.05, 3.63) is 42.0 Å². The van der Waals surface area contributed by atoms with Gasteiger partial charge in [-0.1, -0.05) is 17.8 Å². The number of hydrogen-bond donors (Lipinski definition) is 5. The number of nitrogens with zero attached hydrogens (tertiary/aromatic N) is 2. The first kappa shape index (κ1) is 19.4. The first-order valence-corrected chi connectivity index (χ1v) is 9.11. The van der Waals surface area contributed by atoms with Gasteiger partial charge in [0.1, 0.15) is 0 Å². The van der Waals surface area contributed by atoms with Crippen molar-refractivity contribution in [3.63, 3.8) is 0 Å². The van der Waals surface area contributed by atoms with Crippen LogP contribution in [0.3, 0.4) is 0 Å². The molecule has 0 bridgehead atoms. The molecule has 0 atom stereocenters. The maximum atomic E-state index is 10.7. The fraction of sp³-hybridized carbons (Fsp3) is 0.111. The average Bonchev–Trinajstić information content (AvgIpc) is 3.16. The highest BCUT2D eigenvalue weighted by molar-refractivity contribution is 7.99. The summed E-state index contributed by atoms with van der Waals surface area (Å²) in [5.41, 5.74) is 13.0. The largest absolute Gasteiger partial charge is 0.481 e. The van der Waals surface area contributed by atoms with Gasteiger partial charge < -0.3 is 21.2 Å². The fourth-order valence-electron chi connectivity index (χ4n) is 2.56. The first-order chi connectivity index (χ1) is 13.5. The Labute approximate surface area is 164 Å². The van der Waals surface area contributed by atoms with Crippen molar-refractivity contribution in [2.45, 2.75) is 5.16 Å². The maximum Gasteiger partial charge on any atom is 0.313 e. The molecule has 0 aliphatic carbocycles. The van der Waals surface area contributed by atoms with Crippen molar-refractivity contribution >= 4 is 35.3 Å². The highest BCUT2D eigenvalue weighted by Gasteiger charge is 2.12. The van der Waals surface area contributed by atoms with Crippen molar-refractivity contribution in [1.82, 2.24) is 15.2 Å². The number of benzene rings is 2. The highest BCUT2D eigenvalue weighted by atomic mass is 32.2. The van der Waals surface area contributed by atoms with E-state index in [0.29, 0.717) is 27.9 Å². The predicted octanol–water partition coefficient (Wildman–Crippen LogP) is 2.87. The lowest BCUT2D eigenvalue weighted by Gasteiger charge is -2.11. The minimum atomic E-state index is -0.929. The van der Waals surface area contributed by atoms with Crippen LogP contribution in [0.4, 0.5) is 11.4 Å². The molecular formula is C18H18N6O3S. The minimum Gasteiger partial charge on any atom is -0.481 e. The summed E-state index contributed by atoms with van der Waals surface area (Å²) in [6, 6.07) is 11.1. The summed E-state index contributed by atoms with van der Waals surface area (Å²) in [6.07, 6.45) is 1.21. The molecule has 1 aromatic heterocycles. The third kappa shape index (κ3) is 4.48. The van der Waals surface area contributed by atoms with Gasteiger partial charge in [0, 0.05) is 23.0 Å². The van der Waals surface area contributed by atoms with Gasteiger partial charge in [-0.2, -0.15) is 0 Å². The monoisotopic (exact) mass is 398 g/mol. The number of nitrogens with two attached hydrogens (primary N) is 1. The number of thioether (sulfide) groups is 1. The number of aromatic nitrogens is 3. The number of H-pyrrole nitrogens is 1. The zero-order valence-electron chi connectivity index (χ0n) is 14.9. The van der Waals surface area contributed by atoms with E-state index in [1.54, 1.807) is 6.07 Å². The molecule has 0 spiro atoms. The summed E-state index contributed by atoms with van der Waals surface area (Å²) >= 11 is 1.06. The summed E-state index contributed by atoms with van der Waals surface area (Å²) in [6.45, 7) is 0. The highest BCUT2D eigenvalue weighted by Crippen LogP contribution is 2.31. The molecule has 3 rings (SSSR count). The lowest BCUT2D eigenvalue weighted by molar-refractivity contribution is -0.133. The van der Waals surface area contributed by atoms with Gasteiger partial charge in [0.25, 0.3) is 0 Å². The van der Waals surface area contributed by atoms with E-state index in [0.717, 1.165) is 28.5 Å². The smallest absolute Gasteiger partial charge is 0.313 e. The summed E-state index contributed by atoms with van der Waals surface area (Å²) in [4.78, 5) is 18.8. The quantitative estimate of drug-likeness (QED) is 0.168. The van der Waals surface area contributed by atoms with Crippen LogP contribution < -0.4 is 11.2 Å². The van der Waals surface area contributed by atoms with Gasteiger partial charge in [0.15, 0.2) is 11.0 Å². The van der Waals surface area contributed by atoms with Crippen LogP contribution in [0.2, 0.25) is 0 Å². The van der Waals surface area contributed by atoms with Gasteiger partial charge in [-0.15, -0.1) is 10.2 Å². The molecular weight excluding hydrogens is 380 g/mol. The molecule has 0 unspecified atom stereocenters. The Balaban J connectivity index is 2.00. The molecule has 0 aliphatic rings. The molecule has 0 aliphatic heterocycles. The number of aliphatic carboxylic acids is 1. The molecule has 0 saturated heterocycles. The Bertz CT molecular complexity index is 1020. The van der Waals surface area contributed by atoms with Gasteiger partial charge in [-0.05, 0) is 41.5 Å². The van der Waals surface area contributed by atoms with E-state index in [-0.39, 0.29) is 5.75 Å². The van der Waals surface area contributed by atoms with Crippen LogP contribution in [-0.2, 0) is 9.63 Å². The van der Waals surface area contributed by atoms with Crippen molar-refractivity contribution in [1.29, 1.82) is 5.41 Å². The normalized spacial score (nSPS) is 10.6. The molecule has 28 heavy (non-hydrogen) atoms. The van der Waals surface area contributed by atoms with Crippen molar-refractivity contribution in [3.8, 4) is 22.5 Å². The molecule has 144 valence electrons. The Morgan fingerprint density at radius 2 is 2.07 bits per heavy atom. The average molecular weight is 398 g/mol. The maximum absolute atomic E-state index is 10.7. The zero-order chi connectivity index (χ0) is 20.1. The van der Waals surface area contributed by atoms with E-state index in [2.05, 4.69) is 20.7 Å². The number of hydrogen-bond acceptors (Lipinski definition) is 8. The van der Waals surface area contributed by atoms with Gasteiger partial charge in [0.05, 0.1) is 18.6 Å². The second-order valence-corrected chi connectivity index (χ2v) is 6.72. The molecule has 10 heteroatoms. The SMILES string of the molecule is CONc1cc(-c2ccc(N)c(C=N)c2)cc(-c2nnc(SCC(=O)O)[nH]2)c1. The Hall–Kier alpha value is -3.37. The molecule has 0 radical (unpaired) electrons. The molecule has 0 amide bonds. The molecule has 3 aromatic rings. The van der Waals surface area contributed by atoms with E-state index >= 15 is 0 Å². The Kier molecular flexibility index (Phi) is 5.92. The van der Waals surface area contributed by atoms with E-state index in [1.807, 2.05) is 30.3 Å². The van der Waals surface area contributed by atoms with Crippen molar-refractivity contribution in [2.75, 3.05) is 24.1 Å². The van der Waals surface area contributed by atoms with Crippen LogP contribution in [0.5, 0.6) is 0 Å². The second-order valence-electron chi connectivity index (χ2n) is 5.75. The Morgan fingerprint density at radius 1 is 1.29 bits per heavy atom. The third-order valence-corrected chi connectivity index (χ3v) is 4.65. The summed E-state index contributed by atoms with van der Waals surface area (Å²) in [5.74, 6) is -0.540. The van der Waals surface area contributed by atoms with Gasteiger partial charge in [-0.3, -0.25) is 15.1 Å². The van der Waals surface area contributed by atoms with E-state index in [4.69, 9.17) is 21.1 Å². The summed E-state index contributed by atoms with van der Waals surface area (Å²) < 4.78 is 0. The lowest BCUT2D eigenvalue weighted by Crippen LogP contribution is -1.98. The van der Waals surface area contributed by atoms with Crippen LogP contribution in [0.15, 0.2) is 41.6 Å². The molecule has 6 N–H and O–H groups in total. The van der Waals surface area contributed by atoms with Crippen LogP contribution in [0.1, 0.15) is 5.56 Å². The zero-order valence-corrected chi connectivity index (χ0v) is 15.7. The van der Waals surface area contributed by atoms with Crippen LogP contribution in [0.25, 0.3) is 22.5 Å². The van der Waals surface area contributed by atoms with E-state index < -0.39 is 5.97 Å². The molecule has 1 heterocycles. The van der Waals surface area contributed by atoms with Crippen LogP contribution in [-0.4, -0.2) is 45.3 Å². The predicted molar refractivity (Wildman–Crippen MR) is 109 cm³/mol. The Morgan fingerprint density at radius 3 is 2.79 bits per heavy atom. The number of nitrogens with one attached hydrogen (secondary N) is 3. The van der Waals surface area contributed by atoms with Gasteiger partial charge >= 0.3 is 5.97 Å². The number of rotatable bonds is 8. The lowest BCUT2D eigenvalue weighted by atomic mass is 9.99. The molecule has 0 fully saturated rings. The first-order valence-electron chi connectivity index (χ1n) is 8.12. The van der Waals surface area contributed by atoms with Gasteiger partial charge in [-0.25, -0.2) is 0 Å². The van der Waals surface area contributed by atoms with E-state index in [1.165, 1.54) is 13.3 Å². The molecule has 2 aromatic carbocycles. The summed E-state index contributed by atoms with van der Waals surface area (Å²) in [7, 11) is 1.51. The topological polar surface area (TPSA) is 150 Å². The number of carbonyl (C=O) groups is 1. The third-order valence-electron chi connectivity index (χ3n) is 3.80. The number of carboxylic acid groups (broad SMARTS) is 1. The van der Waals surface area contributed by atoms with Crippen molar-refractivity contribution < 1.29 is 14.7 Å².